The van der Waals surface area contributed by atoms with Crippen molar-refractivity contribution in [2.75, 3.05) is 17.7 Å². The average molecular weight is 362 g/mol. The van der Waals surface area contributed by atoms with E-state index < -0.39 is 11.9 Å². The highest BCUT2D eigenvalue weighted by atomic mass is 16.5. The third-order valence-corrected chi connectivity index (χ3v) is 3.82. The van der Waals surface area contributed by atoms with Crippen LogP contribution in [0.25, 0.3) is 0 Å². The zero-order chi connectivity index (χ0) is 19.1. The largest absolute Gasteiger partial charge is 0.465 e. The molecule has 0 saturated heterocycles. The number of hydrogen-bond acceptors (Lipinski definition) is 6. The second kappa shape index (κ2) is 8.57. The van der Waals surface area contributed by atoms with Gasteiger partial charge < -0.3 is 15.4 Å². The molecule has 3 aromatic rings. The van der Waals surface area contributed by atoms with E-state index in [0.717, 1.165) is 11.3 Å². The minimum absolute atomic E-state index is 0.240. The molecule has 136 valence electrons. The number of benzene rings is 1. The van der Waals surface area contributed by atoms with Crippen LogP contribution in [0.2, 0.25) is 0 Å². The molecule has 2 heterocycles. The van der Waals surface area contributed by atoms with Crippen LogP contribution in [0.4, 0.5) is 11.4 Å². The molecule has 0 bridgehead atoms. The molecule has 0 fully saturated rings. The summed E-state index contributed by atoms with van der Waals surface area (Å²) in [4.78, 5) is 32.4. The third-order valence-electron chi connectivity index (χ3n) is 3.82. The van der Waals surface area contributed by atoms with Gasteiger partial charge in [0.1, 0.15) is 5.69 Å². The molecule has 0 aliphatic heterocycles. The van der Waals surface area contributed by atoms with Crippen molar-refractivity contribution in [3.05, 3.63) is 83.9 Å². The van der Waals surface area contributed by atoms with Gasteiger partial charge in [-0.1, -0.05) is 12.1 Å². The van der Waals surface area contributed by atoms with E-state index in [1.54, 1.807) is 55.0 Å². The zero-order valence-electron chi connectivity index (χ0n) is 14.7. The number of nitrogens with zero attached hydrogens (tertiary/aromatic N) is 2. The highest BCUT2D eigenvalue weighted by Crippen LogP contribution is 2.17. The highest BCUT2D eigenvalue weighted by Gasteiger charge is 2.14. The molecule has 0 spiro atoms. The number of carbonyl (C=O) groups is 2. The Hall–Kier alpha value is -3.74. The Morgan fingerprint density at radius 3 is 2.52 bits per heavy atom. The van der Waals surface area contributed by atoms with Gasteiger partial charge in [-0.25, -0.2) is 9.78 Å². The Morgan fingerprint density at radius 2 is 1.81 bits per heavy atom. The molecule has 0 aliphatic carbocycles. The van der Waals surface area contributed by atoms with Crippen molar-refractivity contribution >= 4 is 23.3 Å². The molecule has 0 saturated carbocycles. The van der Waals surface area contributed by atoms with Crippen LogP contribution >= 0.6 is 0 Å². The minimum atomic E-state index is -0.519. The molecule has 7 heteroatoms. The quantitative estimate of drug-likeness (QED) is 0.655. The summed E-state index contributed by atoms with van der Waals surface area (Å²) in [5.74, 6) is -0.929. The fourth-order valence-electron chi connectivity index (χ4n) is 2.40. The number of carbonyl (C=O) groups excluding carboxylic acids is 2. The van der Waals surface area contributed by atoms with Crippen LogP contribution in [0.5, 0.6) is 0 Å². The van der Waals surface area contributed by atoms with Gasteiger partial charge in [0.15, 0.2) is 0 Å². The molecule has 3 rings (SSSR count). The number of para-hydroxylation sites is 1. The number of pyridine rings is 2. The first-order chi connectivity index (χ1) is 13.2. The normalized spacial score (nSPS) is 10.1. The number of rotatable bonds is 6. The Labute approximate surface area is 156 Å². The average Bonchev–Trinajstić information content (AvgIpc) is 2.73. The summed E-state index contributed by atoms with van der Waals surface area (Å²) in [5, 5.41) is 5.91. The summed E-state index contributed by atoms with van der Waals surface area (Å²) in [7, 11) is 1.29. The molecular formula is C20H18N4O3. The minimum Gasteiger partial charge on any atom is -0.465 e. The number of ether oxygens (including phenoxy) is 1. The summed E-state index contributed by atoms with van der Waals surface area (Å²) < 4.78 is 4.73. The predicted molar refractivity (Wildman–Crippen MR) is 102 cm³/mol. The van der Waals surface area contributed by atoms with Crippen LogP contribution in [0.3, 0.4) is 0 Å². The van der Waals surface area contributed by atoms with Gasteiger partial charge in [0.05, 0.1) is 30.2 Å². The lowest BCUT2D eigenvalue weighted by molar-refractivity contribution is 0.0602. The van der Waals surface area contributed by atoms with E-state index in [9.17, 15) is 9.59 Å². The van der Waals surface area contributed by atoms with Crippen molar-refractivity contribution in [2.45, 2.75) is 6.54 Å². The number of nitrogens with one attached hydrogen (secondary N) is 2. The van der Waals surface area contributed by atoms with Crippen LogP contribution < -0.4 is 10.6 Å². The second-order valence-electron chi connectivity index (χ2n) is 5.63. The molecule has 0 unspecified atom stereocenters. The molecule has 0 aliphatic rings. The van der Waals surface area contributed by atoms with E-state index in [2.05, 4.69) is 20.6 Å². The number of esters is 1. The molecule has 1 amide bonds. The van der Waals surface area contributed by atoms with E-state index in [4.69, 9.17) is 4.74 Å². The van der Waals surface area contributed by atoms with E-state index >= 15 is 0 Å². The lowest BCUT2D eigenvalue weighted by Crippen LogP contribution is -2.16. The Bertz CT molecular complexity index is 927. The summed E-state index contributed by atoms with van der Waals surface area (Å²) in [6, 6.07) is 13.9. The number of anilines is 2. The third kappa shape index (κ3) is 4.66. The van der Waals surface area contributed by atoms with Crippen LogP contribution in [0.15, 0.2) is 67.1 Å². The van der Waals surface area contributed by atoms with Crippen molar-refractivity contribution < 1.29 is 14.3 Å². The number of amides is 1. The zero-order valence-corrected chi connectivity index (χ0v) is 14.7. The van der Waals surface area contributed by atoms with E-state index in [1.165, 1.54) is 7.11 Å². The SMILES string of the molecule is COC(=O)c1ccccc1NC(=O)c1ccc(NCc2ccncc2)cn1. The summed E-state index contributed by atoms with van der Waals surface area (Å²) in [6.07, 6.45) is 5.05. The first-order valence-corrected chi connectivity index (χ1v) is 8.25. The lowest BCUT2D eigenvalue weighted by Gasteiger charge is -2.10. The van der Waals surface area contributed by atoms with Crippen molar-refractivity contribution in [2.24, 2.45) is 0 Å². The maximum absolute atomic E-state index is 12.4. The van der Waals surface area contributed by atoms with Gasteiger partial charge in [-0.15, -0.1) is 0 Å². The maximum atomic E-state index is 12.4. The topological polar surface area (TPSA) is 93.2 Å². The molecule has 2 aromatic heterocycles. The molecule has 2 N–H and O–H groups in total. The molecule has 1 aromatic carbocycles. The van der Waals surface area contributed by atoms with Gasteiger partial charge in [0, 0.05) is 18.9 Å². The molecule has 0 atom stereocenters. The number of aromatic nitrogens is 2. The van der Waals surface area contributed by atoms with Crippen molar-refractivity contribution in [3.63, 3.8) is 0 Å². The van der Waals surface area contributed by atoms with Crippen molar-refractivity contribution in [1.29, 1.82) is 0 Å². The smallest absolute Gasteiger partial charge is 0.339 e. The van der Waals surface area contributed by atoms with Crippen LogP contribution in [0, 0.1) is 0 Å². The van der Waals surface area contributed by atoms with Gasteiger partial charge in [-0.3, -0.25) is 9.78 Å². The van der Waals surface area contributed by atoms with Crippen molar-refractivity contribution in [1.82, 2.24) is 9.97 Å². The van der Waals surface area contributed by atoms with Crippen molar-refractivity contribution in [3.8, 4) is 0 Å². The first-order valence-electron chi connectivity index (χ1n) is 8.25. The number of methoxy groups -OCH3 is 1. The van der Waals surface area contributed by atoms with Gasteiger partial charge in [-0.05, 0) is 42.0 Å². The van der Waals surface area contributed by atoms with Gasteiger partial charge in [0.25, 0.3) is 5.91 Å². The monoisotopic (exact) mass is 362 g/mol. The fourth-order valence-corrected chi connectivity index (χ4v) is 2.40. The molecule has 7 nitrogen and oxygen atoms in total. The summed E-state index contributed by atoms with van der Waals surface area (Å²) in [6.45, 7) is 0.627. The van der Waals surface area contributed by atoms with Crippen LogP contribution in [0.1, 0.15) is 26.4 Å². The van der Waals surface area contributed by atoms with Crippen LogP contribution in [-0.4, -0.2) is 29.0 Å². The molecule has 0 radical (unpaired) electrons. The summed E-state index contributed by atoms with van der Waals surface area (Å²) >= 11 is 0. The predicted octanol–water partition coefficient (Wildman–Crippen LogP) is 3.13. The summed E-state index contributed by atoms with van der Waals surface area (Å²) in [5.41, 5.74) is 2.77. The Morgan fingerprint density at radius 1 is 1.04 bits per heavy atom. The molecular weight excluding hydrogens is 344 g/mol. The number of hydrogen-bond donors (Lipinski definition) is 2. The highest BCUT2D eigenvalue weighted by molar-refractivity contribution is 6.07. The second-order valence-corrected chi connectivity index (χ2v) is 5.63. The van der Waals surface area contributed by atoms with Gasteiger partial charge >= 0.3 is 5.97 Å². The maximum Gasteiger partial charge on any atom is 0.339 e. The van der Waals surface area contributed by atoms with E-state index in [-0.39, 0.29) is 11.3 Å². The van der Waals surface area contributed by atoms with Crippen LogP contribution in [-0.2, 0) is 11.3 Å². The van der Waals surface area contributed by atoms with E-state index in [0.29, 0.717) is 12.2 Å². The Kier molecular flexibility index (Phi) is 5.73. The fraction of sp³-hybridized carbons (Fsp3) is 0.100. The first kappa shape index (κ1) is 18.1. The Balaban J connectivity index is 1.65. The lowest BCUT2D eigenvalue weighted by atomic mass is 10.1. The van der Waals surface area contributed by atoms with Gasteiger partial charge in [0.2, 0.25) is 0 Å². The standard InChI is InChI=1S/C20H18N4O3/c1-27-20(26)16-4-2-3-5-17(16)24-19(25)18-7-6-15(13-23-18)22-12-14-8-10-21-11-9-14/h2-11,13,22H,12H2,1H3,(H,24,25). The molecule has 27 heavy (non-hydrogen) atoms. The van der Waals surface area contributed by atoms with E-state index in [1.807, 2.05) is 12.1 Å². The van der Waals surface area contributed by atoms with Gasteiger partial charge in [-0.2, -0.15) is 0 Å².